The van der Waals surface area contributed by atoms with Crippen LogP contribution in [0.1, 0.15) is 46.5 Å². The highest BCUT2D eigenvalue weighted by Gasteiger charge is 2.23. The molecule has 0 radical (unpaired) electrons. The van der Waals surface area contributed by atoms with Gasteiger partial charge in [-0.2, -0.15) is 0 Å². The first-order valence-corrected chi connectivity index (χ1v) is 8.18. The van der Waals surface area contributed by atoms with Crippen LogP contribution in [0.25, 0.3) is 0 Å². The van der Waals surface area contributed by atoms with Crippen molar-refractivity contribution in [1.82, 2.24) is 5.32 Å². The molecule has 96 valence electrons. The Morgan fingerprint density at radius 2 is 2.00 bits per heavy atom. The molecule has 0 heterocycles. The molecule has 2 nitrogen and oxygen atoms in total. The first kappa shape index (κ1) is 14.2. The number of hydrogen-bond donors (Lipinski definition) is 1. The first-order chi connectivity index (χ1) is 7.50. The lowest BCUT2D eigenvalue weighted by atomic mass is 9.79. The molecular weight excluding hydrogens is 218 g/mol. The zero-order valence-corrected chi connectivity index (χ0v) is 12.0. The van der Waals surface area contributed by atoms with E-state index in [1.165, 1.54) is 19.3 Å². The second-order valence-corrected chi connectivity index (χ2v) is 7.32. The van der Waals surface area contributed by atoms with Crippen LogP contribution < -0.4 is 5.32 Å². The predicted molar refractivity (Wildman–Crippen MR) is 72.1 cm³/mol. The van der Waals surface area contributed by atoms with Crippen molar-refractivity contribution in [3.05, 3.63) is 0 Å². The van der Waals surface area contributed by atoms with E-state index in [9.17, 15) is 4.21 Å². The van der Waals surface area contributed by atoms with Crippen molar-refractivity contribution in [2.24, 2.45) is 11.8 Å². The van der Waals surface area contributed by atoms with E-state index in [4.69, 9.17) is 0 Å². The van der Waals surface area contributed by atoms with E-state index in [0.29, 0.717) is 11.3 Å². The van der Waals surface area contributed by atoms with Gasteiger partial charge in [-0.25, -0.2) is 0 Å². The van der Waals surface area contributed by atoms with Crippen LogP contribution in [0.4, 0.5) is 0 Å². The van der Waals surface area contributed by atoms with Crippen molar-refractivity contribution in [3.8, 4) is 0 Å². The van der Waals surface area contributed by atoms with Gasteiger partial charge in [-0.3, -0.25) is 4.21 Å². The molecule has 16 heavy (non-hydrogen) atoms. The van der Waals surface area contributed by atoms with Gasteiger partial charge in [0.05, 0.1) is 0 Å². The van der Waals surface area contributed by atoms with Gasteiger partial charge in [-0.05, 0) is 44.1 Å². The molecule has 0 bridgehead atoms. The van der Waals surface area contributed by atoms with E-state index in [1.807, 2.05) is 0 Å². The van der Waals surface area contributed by atoms with Crippen LogP contribution in [-0.2, 0) is 10.8 Å². The third-order valence-corrected chi connectivity index (χ3v) is 5.52. The normalized spacial score (nSPS) is 34.6. The molecule has 0 spiro atoms. The Bertz CT molecular complexity index is 232. The van der Waals surface area contributed by atoms with Crippen LogP contribution in [0, 0.1) is 11.8 Å². The van der Waals surface area contributed by atoms with Crippen LogP contribution in [0.2, 0.25) is 0 Å². The van der Waals surface area contributed by atoms with E-state index in [1.54, 1.807) is 6.26 Å². The van der Waals surface area contributed by atoms with E-state index >= 15 is 0 Å². The van der Waals surface area contributed by atoms with Crippen LogP contribution in [0.15, 0.2) is 0 Å². The molecule has 1 aliphatic carbocycles. The molecule has 1 rings (SSSR count). The van der Waals surface area contributed by atoms with Gasteiger partial charge in [-0.15, -0.1) is 0 Å². The van der Waals surface area contributed by atoms with Gasteiger partial charge in [0.15, 0.2) is 0 Å². The molecule has 0 aromatic carbocycles. The smallest absolute Gasteiger partial charge is 0.0329 e. The van der Waals surface area contributed by atoms with E-state index in [-0.39, 0.29) is 0 Å². The van der Waals surface area contributed by atoms with E-state index in [2.05, 4.69) is 26.1 Å². The molecule has 0 aromatic heterocycles. The summed E-state index contributed by atoms with van der Waals surface area (Å²) in [6.07, 6.45) is 6.81. The molecule has 0 aliphatic heterocycles. The van der Waals surface area contributed by atoms with Gasteiger partial charge in [-0.1, -0.05) is 20.8 Å². The quantitative estimate of drug-likeness (QED) is 0.806. The minimum Gasteiger partial charge on any atom is -0.314 e. The molecule has 1 N–H and O–H groups in total. The second-order valence-electron chi connectivity index (χ2n) is 5.52. The first-order valence-electron chi connectivity index (χ1n) is 6.56. The monoisotopic (exact) mass is 245 g/mol. The van der Waals surface area contributed by atoms with Crippen molar-refractivity contribution in [2.75, 3.05) is 12.8 Å². The molecule has 1 saturated carbocycles. The molecule has 1 aliphatic rings. The summed E-state index contributed by atoms with van der Waals surface area (Å²) in [4.78, 5) is 0. The molecular formula is C13H27NOS. The Kier molecular flexibility index (Phi) is 5.98. The number of nitrogens with one attached hydrogen (secondary N) is 1. The Balaban J connectivity index is 2.16. The zero-order chi connectivity index (χ0) is 12.1. The maximum atomic E-state index is 11.2. The maximum absolute atomic E-state index is 11.2. The molecule has 0 unspecified atom stereocenters. The summed E-state index contributed by atoms with van der Waals surface area (Å²) in [7, 11) is -0.669. The lowest BCUT2D eigenvalue weighted by Gasteiger charge is -2.32. The van der Waals surface area contributed by atoms with Gasteiger partial charge in [0.2, 0.25) is 0 Å². The highest BCUT2D eigenvalue weighted by molar-refractivity contribution is 7.84. The third-order valence-electron chi connectivity index (χ3n) is 4.15. The van der Waals surface area contributed by atoms with Crippen molar-refractivity contribution in [3.63, 3.8) is 0 Å². The molecule has 0 saturated heterocycles. The Hall–Kier alpha value is 0.110. The maximum Gasteiger partial charge on any atom is 0.0329 e. The number of hydrogen-bond acceptors (Lipinski definition) is 2. The lowest BCUT2D eigenvalue weighted by molar-refractivity contribution is 0.226. The van der Waals surface area contributed by atoms with Crippen LogP contribution in [0.3, 0.4) is 0 Å². The van der Waals surface area contributed by atoms with Crippen LogP contribution in [0.5, 0.6) is 0 Å². The topological polar surface area (TPSA) is 29.1 Å². The summed E-state index contributed by atoms with van der Waals surface area (Å²) >= 11 is 0. The van der Waals surface area contributed by atoms with Crippen LogP contribution >= 0.6 is 0 Å². The van der Waals surface area contributed by atoms with Crippen molar-refractivity contribution < 1.29 is 4.21 Å². The molecule has 5 atom stereocenters. The summed E-state index contributed by atoms with van der Waals surface area (Å²) in [6.45, 7) is 7.82. The van der Waals surface area contributed by atoms with Crippen molar-refractivity contribution in [2.45, 2.75) is 57.7 Å². The molecule has 1 fully saturated rings. The largest absolute Gasteiger partial charge is 0.314 e. The van der Waals surface area contributed by atoms with E-state index < -0.39 is 10.8 Å². The van der Waals surface area contributed by atoms with E-state index in [0.717, 1.165) is 24.8 Å². The summed E-state index contributed by atoms with van der Waals surface area (Å²) < 4.78 is 11.2. The lowest BCUT2D eigenvalue weighted by Crippen LogP contribution is -2.37. The third kappa shape index (κ3) is 4.54. The molecule has 3 heteroatoms. The minimum atomic E-state index is -0.669. The van der Waals surface area contributed by atoms with Gasteiger partial charge >= 0.3 is 0 Å². The SMILES string of the molecule is C[C@@H]1CC[C@H](NCC[C@H](C)[S@@](C)=O)C[C@H]1C. The fourth-order valence-electron chi connectivity index (χ4n) is 2.39. The number of rotatable bonds is 5. The average molecular weight is 245 g/mol. The van der Waals surface area contributed by atoms with Crippen molar-refractivity contribution >= 4 is 10.8 Å². The van der Waals surface area contributed by atoms with Crippen LogP contribution in [-0.4, -0.2) is 28.3 Å². The van der Waals surface area contributed by atoms with Gasteiger partial charge in [0.1, 0.15) is 0 Å². The van der Waals surface area contributed by atoms with Gasteiger partial charge < -0.3 is 5.32 Å². The standard InChI is InChI=1S/C13H27NOS/c1-10-5-6-13(9-11(10)2)14-8-7-12(3)16(4)15/h10-14H,5-9H2,1-4H3/t10-,11-,12+,13+,16-/m1/s1. The predicted octanol–water partition coefficient (Wildman–Crippen LogP) is 2.56. The summed E-state index contributed by atoms with van der Waals surface area (Å²) in [6, 6.07) is 0.698. The molecule has 0 aromatic rings. The summed E-state index contributed by atoms with van der Waals surface area (Å²) in [5.41, 5.74) is 0. The zero-order valence-electron chi connectivity index (χ0n) is 11.2. The Morgan fingerprint density at radius 1 is 1.31 bits per heavy atom. The second kappa shape index (κ2) is 6.75. The Labute approximate surface area is 103 Å². The highest BCUT2D eigenvalue weighted by Crippen LogP contribution is 2.29. The van der Waals surface area contributed by atoms with Crippen molar-refractivity contribution in [1.29, 1.82) is 0 Å². The highest BCUT2D eigenvalue weighted by atomic mass is 32.2. The average Bonchev–Trinajstić information content (AvgIpc) is 2.23. The Morgan fingerprint density at radius 3 is 2.56 bits per heavy atom. The van der Waals surface area contributed by atoms with Gasteiger partial charge in [0, 0.05) is 28.3 Å². The fraction of sp³-hybridized carbons (Fsp3) is 1.00. The molecule has 0 amide bonds. The summed E-state index contributed by atoms with van der Waals surface area (Å²) in [5, 5.41) is 3.95. The van der Waals surface area contributed by atoms with Gasteiger partial charge in [0.25, 0.3) is 0 Å². The summed E-state index contributed by atoms with van der Waals surface area (Å²) in [5.74, 6) is 1.74. The fourth-order valence-corrected chi connectivity index (χ4v) is 2.84. The minimum absolute atomic E-state index is 0.326.